The van der Waals surface area contributed by atoms with Gasteiger partial charge in [-0.15, -0.1) is 0 Å². The van der Waals surface area contributed by atoms with E-state index in [1.807, 2.05) is 24.3 Å². The Bertz CT molecular complexity index is 894. The van der Waals surface area contributed by atoms with Gasteiger partial charge in [-0.05, 0) is 67.7 Å². The molecule has 1 aliphatic rings. The standard InChI is InChI=1S/C21H23Cl2N3/c1-15-8-10-25(11-9-15)14-21-24-19-12-18(23)6-7-20(19)26(21)13-16-2-4-17(22)5-3-16/h2-7,12,15H,8-11,13-14H2,1H3. The Morgan fingerprint density at radius 1 is 0.962 bits per heavy atom. The summed E-state index contributed by atoms with van der Waals surface area (Å²) in [6.07, 6.45) is 2.53. The van der Waals surface area contributed by atoms with Crippen LogP contribution < -0.4 is 0 Å². The normalized spacial score (nSPS) is 16.4. The van der Waals surface area contributed by atoms with Crippen LogP contribution in [0.5, 0.6) is 0 Å². The zero-order chi connectivity index (χ0) is 18.1. The molecule has 0 N–H and O–H groups in total. The van der Waals surface area contributed by atoms with Crippen LogP contribution in [0.4, 0.5) is 0 Å². The fourth-order valence-corrected chi connectivity index (χ4v) is 3.93. The Kier molecular flexibility index (Phi) is 5.21. The largest absolute Gasteiger partial charge is 0.322 e. The van der Waals surface area contributed by atoms with E-state index in [0.717, 1.165) is 59.0 Å². The number of halogens is 2. The maximum Gasteiger partial charge on any atom is 0.124 e. The first-order chi connectivity index (χ1) is 12.6. The number of hydrogen-bond acceptors (Lipinski definition) is 2. The first kappa shape index (κ1) is 17.8. The molecule has 1 saturated heterocycles. The summed E-state index contributed by atoms with van der Waals surface area (Å²) in [5, 5.41) is 1.49. The van der Waals surface area contributed by atoms with Crippen molar-refractivity contribution in [3.05, 3.63) is 63.9 Å². The molecule has 2 heterocycles. The number of imidazole rings is 1. The molecule has 26 heavy (non-hydrogen) atoms. The van der Waals surface area contributed by atoms with E-state index >= 15 is 0 Å². The molecule has 0 radical (unpaired) electrons. The van der Waals surface area contributed by atoms with Gasteiger partial charge in [0.05, 0.1) is 17.6 Å². The van der Waals surface area contributed by atoms with Crippen LogP contribution in [0.15, 0.2) is 42.5 Å². The zero-order valence-electron chi connectivity index (χ0n) is 15.0. The highest BCUT2D eigenvalue weighted by molar-refractivity contribution is 6.31. The summed E-state index contributed by atoms with van der Waals surface area (Å²) < 4.78 is 2.31. The van der Waals surface area contributed by atoms with Gasteiger partial charge in [-0.3, -0.25) is 4.90 Å². The molecule has 3 aromatic rings. The molecule has 0 aliphatic carbocycles. The maximum atomic E-state index is 6.19. The Morgan fingerprint density at radius 2 is 1.65 bits per heavy atom. The van der Waals surface area contributed by atoms with Crippen LogP contribution in [0.2, 0.25) is 10.0 Å². The molecule has 1 fully saturated rings. The van der Waals surface area contributed by atoms with E-state index in [1.54, 1.807) is 0 Å². The van der Waals surface area contributed by atoms with Crippen LogP contribution in [0.3, 0.4) is 0 Å². The fourth-order valence-electron chi connectivity index (χ4n) is 3.64. The van der Waals surface area contributed by atoms with Crippen molar-refractivity contribution in [2.24, 2.45) is 5.92 Å². The van der Waals surface area contributed by atoms with Gasteiger partial charge >= 0.3 is 0 Å². The van der Waals surface area contributed by atoms with Gasteiger partial charge in [0.1, 0.15) is 5.82 Å². The van der Waals surface area contributed by atoms with Crippen molar-refractivity contribution in [2.75, 3.05) is 13.1 Å². The predicted molar refractivity (Wildman–Crippen MR) is 109 cm³/mol. The van der Waals surface area contributed by atoms with E-state index in [1.165, 1.54) is 18.4 Å². The van der Waals surface area contributed by atoms with Crippen molar-refractivity contribution < 1.29 is 0 Å². The van der Waals surface area contributed by atoms with Gasteiger partial charge in [0.2, 0.25) is 0 Å². The van der Waals surface area contributed by atoms with Gasteiger partial charge in [-0.1, -0.05) is 42.3 Å². The van der Waals surface area contributed by atoms with Crippen molar-refractivity contribution in [3.8, 4) is 0 Å². The second-order valence-electron chi connectivity index (χ2n) is 7.33. The summed E-state index contributed by atoms with van der Waals surface area (Å²) >= 11 is 12.2. The second-order valence-corrected chi connectivity index (χ2v) is 8.21. The molecule has 0 unspecified atom stereocenters. The molecule has 1 aromatic heterocycles. The van der Waals surface area contributed by atoms with E-state index in [-0.39, 0.29) is 0 Å². The second kappa shape index (κ2) is 7.59. The van der Waals surface area contributed by atoms with Gasteiger partial charge in [-0.25, -0.2) is 4.98 Å². The lowest BCUT2D eigenvalue weighted by Crippen LogP contribution is -2.33. The van der Waals surface area contributed by atoms with Gasteiger partial charge < -0.3 is 4.57 Å². The lowest BCUT2D eigenvalue weighted by atomic mass is 9.99. The molecular weight excluding hydrogens is 365 g/mol. The summed E-state index contributed by atoms with van der Waals surface area (Å²) in [6.45, 7) is 6.30. The highest BCUT2D eigenvalue weighted by Crippen LogP contribution is 2.24. The van der Waals surface area contributed by atoms with Crippen molar-refractivity contribution in [3.63, 3.8) is 0 Å². The molecular formula is C21H23Cl2N3. The molecule has 3 nitrogen and oxygen atoms in total. The van der Waals surface area contributed by atoms with E-state index < -0.39 is 0 Å². The lowest BCUT2D eigenvalue weighted by molar-refractivity contribution is 0.180. The van der Waals surface area contributed by atoms with Crippen molar-refractivity contribution in [1.29, 1.82) is 0 Å². The fraction of sp³-hybridized carbons (Fsp3) is 0.381. The summed E-state index contributed by atoms with van der Waals surface area (Å²) in [6, 6.07) is 14.0. The van der Waals surface area contributed by atoms with E-state index in [9.17, 15) is 0 Å². The van der Waals surface area contributed by atoms with E-state index in [2.05, 4.69) is 34.6 Å². The first-order valence-corrected chi connectivity index (χ1v) is 9.95. The molecule has 0 atom stereocenters. The SMILES string of the molecule is CC1CCN(Cc2nc3cc(Cl)ccc3n2Cc2ccc(Cl)cc2)CC1. The van der Waals surface area contributed by atoms with Gasteiger partial charge in [0, 0.05) is 16.6 Å². The molecule has 0 saturated carbocycles. The molecule has 4 rings (SSSR count). The van der Waals surface area contributed by atoms with Crippen LogP contribution in [0, 0.1) is 5.92 Å². The zero-order valence-corrected chi connectivity index (χ0v) is 16.5. The molecule has 2 aromatic carbocycles. The van der Waals surface area contributed by atoms with Crippen LogP contribution in [0.25, 0.3) is 11.0 Å². The van der Waals surface area contributed by atoms with Crippen molar-refractivity contribution in [1.82, 2.24) is 14.5 Å². The molecule has 5 heteroatoms. The third kappa shape index (κ3) is 3.90. The molecule has 136 valence electrons. The predicted octanol–water partition coefficient (Wildman–Crippen LogP) is 5.62. The number of benzene rings is 2. The highest BCUT2D eigenvalue weighted by atomic mass is 35.5. The number of rotatable bonds is 4. The topological polar surface area (TPSA) is 21.1 Å². The van der Waals surface area contributed by atoms with Crippen LogP contribution in [-0.4, -0.2) is 27.5 Å². The van der Waals surface area contributed by atoms with Crippen LogP contribution in [-0.2, 0) is 13.1 Å². The molecule has 0 bridgehead atoms. The lowest BCUT2D eigenvalue weighted by Gasteiger charge is -2.30. The number of likely N-dealkylation sites (tertiary alicyclic amines) is 1. The van der Waals surface area contributed by atoms with Gasteiger partial charge in [-0.2, -0.15) is 0 Å². The monoisotopic (exact) mass is 387 g/mol. The average Bonchev–Trinajstić information content (AvgIpc) is 2.95. The maximum absolute atomic E-state index is 6.19. The minimum absolute atomic E-state index is 0.729. The minimum atomic E-state index is 0.729. The number of aromatic nitrogens is 2. The summed E-state index contributed by atoms with van der Waals surface area (Å²) in [7, 11) is 0. The smallest absolute Gasteiger partial charge is 0.124 e. The number of fused-ring (bicyclic) bond motifs is 1. The Balaban J connectivity index is 1.67. The van der Waals surface area contributed by atoms with E-state index in [0.29, 0.717) is 0 Å². The molecule has 1 aliphatic heterocycles. The number of piperidine rings is 1. The van der Waals surface area contributed by atoms with Crippen LogP contribution in [0.1, 0.15) is 31.2 Å². The Labute approximate surface area is 164 Å². The van der Waals surface area contributed by atoms with Crippen molar-refractivity contribution in [2.45, 2.75) is 32.9 Å². The van der Waals surface area contributed by atoms with E-state index in [4.69, 9.17) is 28.2 Å². The van der Waals surface area contributed by atoms with Gasteiger partial charge in [0.25, 0.3) is 0 Å². The Morgan fingerprint density at radius 3 is 2.38 bits per heavy atom. The quantitative estimate of drug-likeness (QED) is 0.578. The number of nitrogens with zero attached hydrogens (tertiary/aromatic N) is 3. The first-order valence-electron chi connectivity index (χ1n) is 9.20. The molecule has 0 amide bonds. The average molecular weight is 388 g/mol. The number of hydrogen-bond donors (Lipinski definition) is 0. The van der Waals surface area contributed by atoms with Gasteiger partial charge in [0.15, 0.2) is 0 Å². The highest BCUT2D eigenvalue weighted by Gasteiger charge is 2.19. The third-order valence-electron chi connectivity index (χ3n) is 5.28. The minimum Gasteiger partial charge on any atom is -0.322 e. The summed E-state index contributed by atoms with van der Waals surface area (Å²) in [5.41, 5.74) is 3.31. The third-order valence-corrected chi connectivity index (χ3v) is 5.77. The van der Waals surface area contributed by atoms with Crippen LogP contribution >= 0.6 is 23.2 Å². The van der Waals surface area contributed by atoms with Crippen molar-refractivity contribution >= 4 is 34.2 Å². The summed E-state index contributed by atoms with van der Waals surface area (Å²) in [4.78, 5) is 7.43. The Hall–Kier alpha value is -1.55. The molecule has 0 spiro atoms. The summed E-state index contributed by atoms with van der Waals surface area (Å²) in [5.74, 6) is 1.93.